The van der Waals surface area contributed by atoms with E-state index >= 15 is 0 Å². The minimum Gasteiger partial charge on any atom is -0.469 e. The van der Waals surface area contributed by atoms with Crippen LogP contribution < -0.4 is 0 Å². The number of carbonyl (C=O) groups excluding carboxylic acids is 2. The highest BCUT2D eigenvalue weighted by atomic mass is 35.5. The minimum absolute atomic E-state index is 0.110. The van der Waals surface area contributed by atoms with Gasteiger partial charge in [-0.25, -0.2) is 0 Å². The second-order valence-electron chi connectivity index (χ2n) is 3.53. The van der Waals surface area contributed by atoms with Gasteiger partial charge in [0.2, 0.25) is 0 Å². The van der Waals surface area contributed by atoms with Crippen LogP contribution in [0.15, 0.2) is 18.2 Å². The summed E-state index contributed by atoms with van der Waals surface area (Å²) in [6.07, 6.45) is -0.110. The molecule has 0 fully saturated rings. The molecule has 1 unspecified atom stereocenters. The van der Waals surface area contributed by atoms with E-state index in [1.807, 2.05) is 0 Å². The quantitative estimate of drug-likeness (QED) is 0.800. The third-order valence-electron chi connectivity index (χ3n) is 2.43. The average molecular weight is 291 g/mol. The third kappa shape index (κ3) is 3.62. The van der Waals surface area contributed by atoms with E-state index in [0.29, 0.717) is 15.6 Å². The van der Waals surface area contributed by atoms with Crippen LogP contribution in [0.5, 0.6) is 0 Å². The van der Waals surface area contributed by atoms with Gasteiger partial charge in [-0.3, -0.25) is 9.59 Å². The van der Waals surface area contributed by atoms with Crippen LogP contribution in [-0.4, -0.2) is 26.2 Å². The first kappa shape index (κ1) is 14.8. The number of ether oxygens (including phenoxy) is 2. The van der Waals surface area contributed by atoms with Crippen LogP contribution in [0.1, 0.15) is 17.9 Å². The Morgan fingerprint density at radius 3 is 2.33 bits per heavy atom. The van der Waals surface area contributed by atoms with Crippen molar-refractivity contribution in [1.82, 2.24) is 0 Å². The summed E-state index contributed by atoms with van der Waals surface area (Å²) in [7, 11) is 2.51. The van der Waals surface area contributed by atoms with E-state index in [0.717, 1.165) is 0 Å². The Balaban J connectivity index is 3.05. The predicted molar refractivity (Wildman–Crippen MR) is 67.9 cm³/mol. The van der Waals surface area contributed by atoms with Crippen molar-refractivity contribution in [1.29, 1.82) is 0 Å². The smallest absolute Gasteiger partial charge is 0.313 e. The molecule has 0 N–H and O–H groups in total. The van der Waals surface area contributed by atoms with Crippen molar-refractivity contribution in [3.05, 3.63) is 33.8 Å². The van der Waals surface area contributed by atoms with E-state index in [2.05, 4.69) is 9.47 Å². The van der Waals surface area contributed by atoms with Gasteiger partial charge in [0.1, 0.15) is 0 Å². The van der Waals surface area contributed by atoms with Crippen molar-refractivity contribution in [2.24, 2.45) is 0 Å². The maximum Gasteiger partial charge on any atom is 0.313 e. The lowest BCUT2D eigenvalue weighted by Crippen LogP contribution is -2.18. The number of esters is 2. The molecule has 1 rings (SSSR count). The van der Waals surface area contributed by atoms with Gasteiger partial charge in [-0.1, -0.05) is 29.3 Å². The molecule has 0 aliphatic rings. The zero-order valence-electron chi connectivity index (χ0n) is 9.91. The van der Waals surface area contributed by atoms with Crippen LogP contribution in [0.25, 0.3) is 0 Å². The first-order valence-electron chi connectivity index (χ1n) is 5.09. The Labute approximate surface area is 115 Å². The van der Waals surface area contributed by atoms with Crippen LogP contribution in [0.2, 0.25) is 10.0 Å². The normalized spacial score (nSPS) is 11.8. The number of hydrogen-bond donors (Lipinski definition) is 0. The highest BCUT2D eigenvalue weighted by Crippen LogP contribution is 2.29. The van der Waals surface area contributed by atoms with Gasteiger partial charge < -0.3 is 9.47 Å². The molecule has 0 amide bonds. The SMILES string of the molecule is COC(=O)CC(C(=O)OC)c1ccc(Cl)c(Cl)c1. The summed E-state index contributed by atoms with van der Waals surface area (Å²) in [5.41, 5.74) is 0.557. The van der Waals surface area contributed by atoms with Gasteiger partial charge in [-0.2, -0.15) is 0 Å². The van der Waals surface area contributed by atoms with Gasteiger partial charge in [0.05, 0.1) is 36.6 Å². The molecule has 0 aliphatic carbocycles. The Morgan fingerprint density at radius 2 is 1.83 bits per heavy atom. The van der Waals surface area contributed by atoms with Crippen molar-refractivity contribution in [2.75, 3.05) is 14.2 Å². The van der Waals surface area contributed by atoms with Crippen molar-refractivity contribution in [3.63, 3.8) is 0 Å². The molecule has 1 aromatic carbocycles. The van der Waals surface area contributed by atoms with E-state index < -0.39 is 17.9 Å². The van der Waals surface area contributed by atoms with Gasteiger partial charge in [0.25, 0.3) is 0 Å². The summed E-state index contributed by atoms with van der Waals surface area (Å²) >= 11 is 11.7. The van der Waals surface area contributed by atoms with Crippen LogP contribution in [0, 0.1) is 0 Å². The molecule has 18 heavy (non-hydrogen) atoms. The maximum atomic E-state index is 11.7. The van der Waals surface area contributed by atoms with Crippen molar-refractivity contribution < 1.29 is 19.1 Å². The number of rotatable bonds is 4. The standard InChI is InChI=1S/C12H12Cl2O4/c1-17-11(15)6-8(12(16)18-2)7-3-4-9(13)10(14)5-7/h3-5,8H,6H2,1-2H3. The number of carbonyl (C=O) groups is 2. The van der Waals surface area contributed by atoms with Gasteiger partial charge in [0.15, 0.2) is 0 Å². The van der Waals surface area contributed by atoms with Crippen LogP contribution in [0.4, 0.5) is 0 Å². The summed E-state index contributed by atoms with van der Waals surface area (Å²) in [6.45, 7) is 0. The Bertz CT molecular complexity index is 459. The molecular formula is C12H12Cl2O4. The lowest BCUT2D eigenvalue weighted by Gasteiger charge is -2.14. The second kappa shape index (κ2) is 6.61. The Morgan fingerprint density at radius 1 is 1.17 bits per heavy atom. The Kier molecular flexibility index (Phi) is 5.44. The number of hydrogen-bond acceptors (Lipinski definition) is 4. The summed E-state index contributed by atoms with van der Waals surface area (Å²) < 4.78 is 9.20. The van der Waals surface area contributed by atoms with Crippen molar-refractivity contribution in [3.8, 4) is 0 Å². The van der Waals surface area contributed by atoms with Crippen molar-refractivity contribution in [2.45, 2.75) is 12.3 Å². The molecule has 0 radical (unpaired) electrons. The second-order valence-corrected chi connectivity index (χ2v) is 4.34. The molecule has 1 aromatic rings. The molecule has 1 atom stereocenters. The van der Waals surface area contributed by atoms with Crippen molar-refractivity contribution >= 4 is 35.1 Å². The first-order chi connectivity index (χ1) is 8.49. The molecule has 0 saturated heterocycles. The molecule has 0 spiro atoms. The third-order valence-corrected chi connectivity index (χ3v) is 3.17. The predicted octanol–water partition coefficient (Wildman–Crippen LogP) is 2.81. The van der Waals surface area contributed by atoms with E-state index in [4.69, 9.17) is 23.2 Å². The molecule has 0 saturated carbocycles. The number of halogens is 2. The lowest BCUT2D eigenvalue weighted by molar-refractivity contribution is -0.149. The Hall–Kier alpha value is -1.26. The van der Waals surface area contributed by atoms with Crippen LogP contribution >= 0.6 is 23.2 Å². The van der Waals surface area contributed by atoms with E-state index in [1.54, 1.807) is 12.1 Å². The van der Waals surface area contributed by atoms with Gasteiger partial charge in [-0.05, 0) is 17.7 Å². The molecule has 0 aromatic heterocycles. The topological polar surface area (TPSA) is 52.6 Å². The average Bonchev–Trinajstić information content (AvgIpc) is 2.38. The molecule has 0 heterocycles. The summed E-state index contributed by atoms with van der Waals surface area (Å²) in [5, 5.41) is 0.690. The molecular weight excluding hydrogens is 279 g/mol. The fourth-order valence-electron chi connectivity index (χ4n) is 1.46. The van der Waals surface area contributed by atoms with Crippen LogP contribution in [0.3, 0.4) is 0 Å². The maximum absolute atomic E-state index is 11.7. The molecule has 6 heteroatoms. The molecule has 4 nitrogen and oxygen atoms in total. The summed E-state index contributed by atoms with van der Waals surface area (Å²) in [5.74, 6) is -1.78. The largest absolute Gasteiger partial charge is 0.469 e. The molecule has 0 aliphatic heterocycles. The summed E-state index contributed by atoms with van der Waals surface area (Å²) in [4.78, 5) is 22.9. The number of methoxy groups -OCH3 is 2. The minimum atomic E-state index is -0.753. The van der Waals surface area contributed by atoms with Crippen LogP contribution in [-0.2, 0) is 19.1 Å². The molecule has 0 bridgehead atoms. The summed E-state index contributed by atoms with van der Waals surface area (Å²) in [6, 6.07) is 4.72. The zero-order chi connectivity index (χ0) is 13.7. The van der Waals surface area contributed by atoms with Gasteiger partial charge >= 0.3 is 11.9 Å². The fraction of sp³-hybridized carbons (Fsp3) is 0.333. The monoisotopic (exact) mass is 290 g/mol. The van der Waals surface area contributed by atoms with E-state index in [1.165, 1.54) is 20.3 Å². The van der Waals surface area contributed by atoms with Gasteiger partial charge in [0, 0.05) is 0 Å². The number of benzene rings is 1. The first-order valence-corrected chi connectivity index (χ1v) is 5.84. The van der Waals surface area contributed by atoms with E-state index in [-0.39, 0.29) is 6.42 Å². The fourth-order valence-corrected chi connectivity index (χ4v) is 1.77. The zero-order valence-corrected chi connectivity index (χ0v) is 11.4. The molecule has 98 valence electrons. The van der Waals surface area contributed by atoms with E-state index in [9.17, 15) is 9.59 Å². The highest BCUT2D eigenvalue weighted by Gasteiger charge is 2.25. The lowest BCUT2D eigenvalue weighted by atomic mass is 9.96. The van der Waals surface area contributed by atoms with Gasteiger partial charge in [-0.15, -0.1) is 0 Å². The highest BCUT2D eigenvalue weighted by molar-refractivity contribution is 6.42.